The summed E-state index contributed by atoms with van der Waals surface area (Å²) in [7, 11) is 0. The summed E-state index contributed by atoms with van der Waals surface area (Å²) < 4.78 is 15.1. The van der Waals surface area contributed by atoms with Crippen LogP contribution in [0.4, 0.5) is 10.1 Å². The number of hydrogen-bond acceptors (Lipinski definition) is 2. The van der Waals surface area contributed by atoms with Gasteiger partial charge in [-0.2, -0.15) is 0 Å². The molecule has 0 radical (unpaired) electrons. The number of pyridine rings is 1. The van der Waals surface area contributed by atoms with Crippen LogP contribution >= 0.6 is 15.9 Å². The molecule has 0 unspecified atom stereocenters. The van der Waals surface area contributed by atoms with Crippen LogP contribution in [-0.2, 0) is 5.41 Å². The van der Waals surface area contributed by atoms with E-state index in [1.807, 2.05) is 13.0 Å². The fourth-order valence-corrected chi connectivity index (χ4v) is 2.82. The molecule has 0 amide bonds. The largest absolute Gasteiger partial charge is 0.384 e. The molecule has 0 fully saturated rings. The van der Waals surface area contributed by atoms with Crippen molar-refractivity contribution in [1.82, 2.24) is 4.98 Å². The van der Waals surface area contributed by atoms with E-state index in [9.17, 15) is 4.39 Å². The van der Waals surface area contributed by atoms with Crippen molar-refractivity contribution in [2.45, 2.75) is 46.5 Å². The monoisotopic (exact) mass is 352 g/mol. The summed E-state index contributed by atoms with van der Waals surface area (Å²) in [4.78, 5) is 4.72. The first-order valence-corrected chi connectivity index (χ1v) is 8.08. The molecule has 0 atom stereocenters. The van der Waals surface area contributed by atoms with E-state index in [1.165, 1.54) is 0 Å². The molecule has 114 valence electrons. The van der Waals surface area contributed by atoms with Gasteiger partial charge in [-0.1, -0.05) is 27.7 Å². The van der Waals surface area contributed by atoms with E-state index in [2.05, 4.69) is 48.9 Å². The standard InChI is InChI=1S/C17H22BrFN2/c1-6-7-20-12-9-13(17(3,4)5)21-16-10(2)8-11(18)15(19)14(12)16/h8-9H,6-7H2,1-5H3,(H,20,21). The first-order valence-electron chi connectivity index (χ1n) is 7.29. The molecule has 0 saturated carbocycles. The van der Waals surface area contributed by atoms with E-state index in [0.29, 0.717) is 9.86 Å². The summed E-state index contributed by atoms with van der Waals surface area (Å²) in [5.41, 5.74) is 3.44. The molecule has 2 nitrogen and oxygen atoms in total. The van der Waals surface area contributed by atoms with Crippen LogP contribution < -0.4 is 5.32 Å². The Morgan fingerprint density at radius 1 is 1.29 bits per heavy atom. The van der Waals surface area contributed by atoms with Crippen LogP contribution in [0, 0.1) is 12.7 Å². The number of anilines is 1. The van der Waals surface area contributed by atoms with Gasteiger partial charge in [-0.25, -0.2) is 4.39 Å². The fourth-order valence-electron chi connectivity index (χ4n) is 2.28. The van der Waals surface area contributed by atoms with Gasteiger partial charge >= 0.3 is 0 Å². The first kappa shape index (κ1) is 16.2. The van der Waals surface area contributed by atoms with Gasteiger partial charge in [-0.3, -0.25) is 4.98 Å². The molecule has 21 heavy (non-hydrogen) atoms. The van der Waals surface area contributed by atoms with Gasteiger partial charge in [0.2, 0.25) is 0 Å². The van der Waals surface area contributed by atoms with Crippen molar-refractivity contribution >= 4 is 32.5 Å². The smallest absolute Gasteiger partial charge is 0.148 e. The lowest BCUT2D eigenvalue weighted by atomic mass is 9.90. The van der Waals surface area contributed by atoms with Crippen molar-refractivity contribution in [3.05, 3.63) is 33.7 Å². The van der Waals surface area contributed by atoms with E-state index in [4.69, 9.17) is 4.98 Å². The van der Waals surface area contributed by atoms with Gasteiger partial charge in [-0.15, -0.1) is 0 Å². The molecule has 0 spiro atoms. The molecule has 4 heteroatoms. The lowest BCUT2D eigenvalue weighted by molar-refractivity contribution is 0.571. The maximum absolute atomic E-state index is 14.6. The lowest BCUT2D eigenvalue weighted by Crippen LogP contribution is -2.15. The number of nitrogens with zero attached hydrogens (tertiary/aromatic N) is 1. The highest BCUT2D eigenvalue weighted by molar-refractivity contribution is 9.10. The number of aryl methyl sites for hydroxylation is 1. The van der Waals surface area contributed by atoms with Gasteiger partial charge in [-0.05, 0) is 47.0 Å². The molecular formula is C17H22BrFN2. The molecule has 0 aliphatic rings. The normalized spacial score (nSPS) is 12.0. The minimum atomic E-state index is -0.248. The highest BCUT2D eigenvalue weighted by atomic mass is 79.9. The predicted molar refractivity (Wildman–Crippen MR) is 91.6 cm³/mol. The van der Waals surface area contributed by atoms with Crippen molar-refractivity contribution in [3.8, 4) is 0 Å². The zero-order chi connectivity index (χ0) is 15.8. The maximum Gasteiger partial charge on any atom is 0.148 e. The van der Waals surface area contributed by atoms with Crippen LogP contribution in [0.1, 0.15) is 45.4 Å². The van der Waals surface area contributed by atoms with Crippen LogP contribution in [0.15, 0.2) is 16.6 Å². The number of hydrogen-bond donors (Lipinski definition) is 1. The average molecular weight is 353 g/mol. The Balaban J connectivity index is 2.81. The fraction of sp³-hybridized carbons (Fsp3) is 0.471. The minimum Gasteiger partial charge on any atom is -0.384 e. The molecule has 0 aliphatic heterocycles. The zero-order valence-electron chi connectivity index (χ0n) is 13.3. The molecule has 0 aliphatic carbocycles. The van der Waals surface area contributed by atoms with E-state index >= 15 is 0 Å². The first-order chi connectivity index (χ1) is 9.75. The second kappa shape index (κ2) is 5.91. The molecule has 1 heterocycles. The Hall–Kier alpha value is -1.16. The number of nitrogens with one attached hydrogen (secondary N) is 1. The van der Waals surface area contributed by atoms with Gasteiger partial charge in [0, 0.05) is 23.3 Å². The molecule has 2 aromatic rings. The molecule has 0 saturated heterocycles. The topological polar surface area (TPSA) is 24.9 Å². The predicted octanol–water partition coefficient (Wildman–Crippen LogP) is 5.56. The van der Waals surface area contributed by atoms with Crippen molar-refractivity contribution in [2.24, 2.45) is 0 Å². The molecular weight excluding hydrogens is 331 g/mol. The molecule has 2 rings (SSSR count). The third kappa shape index (κ3) is 3.20. The Bertz CT molecular complexity index is 675. The minimum absolute atomic E-state index is 0.0766. The summed E-state index contributed by atoms with van der Waals surface area (Å²) in [6.45, 7) is 11.2. The van der Waals surface area contributed by atoms with E-state index in [0.717, 1.165) is 35.4 Å². The average Bonchev–Trinajstić information content (AvgIpc) is 2.40. The Morgan fingerprint density at radius 2 is 1.95 bits per heavy atom. The number of benzene rings is 1. The van der Waals surface area contributed by atoms with E-state index < -0.39 is 0 Å². The lowest BCUT2D eigenvalue weighted by Gasteiger charge is -2.21. The van der Waals surface area contributed by atoms with Crippen LogP contribution in [0.5, 0.6) is 0 Å². The quantitative estimate of drug-likeness (QED) is 0.781. The molecule has 1 aromatic heterocycles. The van der Waals surface area contributed by atoms with Gasteiger partial charge in [0.15, 0.2) is 0 Å². The van der Waals surface area contributed by atoms with Crippen LogP contribution in [0.25, 0.3) is 10.9 Å². The highest BCUT2D eigenvalue weighted by Gasteiger charge is 2.21. The number of fused-ring (bicyclic) bond motifs is 1. The van der Waals surface area contributed by atoms with Crippen molar-refractivity contribution in [2.75, 3.05) is 11.9 Å². The van der Waals surface area contributed by atoms with Crippen molar-refractivity contribution < 1.29 is 4.39 Å². The van der Waals surface area contributed by atoms with E-state index in [-0.39, 0.29) is 11.2 Å². The van der Waals surface area contributed by atoms with Crippen LogP contribution in [0.2, 0.25) is 0 Å². The maximum atomic E-state index is 14.6. The summed E-state index contributed by atoms with van der Waals surface area (Å²) in [5, 5.41) is 3.92. The molecule has 1 N–H and O–H groups in total. The number of rotatable bonds is 3. The SMILES string of the molecule is CCCNc1cc(C(C)(C)C)nc2c(C)cc(Br)c(F)c12. The third-order valence-corrected chi connectivity index (χ3v) is 4.08. The second-order valence-corrected chi connectivity index (χ2v) is 7.30. The number of halogens is 2. The summed E-state index contributed by atoms with van der Waals surface area (Å²) in [6, 6.07) is 3.77. The number of aromatic nitrogens is 1. The van der Waals surface area contributed by atoms with Gasteiger partial charge < -0.3 is 5.32 Å². The highest BCUT2D eigenvalue weighted by Crippen LogP contribution is 2.35. The molecule has 0 bridgehead atoms. The van der Waals surface area contributed by atoms with Crippen molar-refractivity contribution in [1.29, 1.82) is 0 Å². The van der Waals surface area contributed by atoms with Crippen LogP contribution in [0.3, 0.4) is 0 Å². The van der Waals surface area contributed by atoms with Gasteiger partial charge in [0.25, 0.3) is 0 Å². The third-order valence-electron chi connectivity index (χ3n) is 3.50. The van der Waals surface area contributed by atoms with Gasteiger partial charge in [0.1, 0.15) is 5.82 Å². The Morgan fingerprint density at radius 3 is 2.52 bits per heavy atom. The zero-order valence-corrected chi connectivity index (χ0v) is 14.9. The summed E-state index contributed by atoms with van der Waals surface area (Å²) in [6.07, 6.45) is 0.989. The Kier molecular flexibility index (Phi) is 4.57. The van der Waals surface area contributed by atoms with Gasteiger partial charge in [0.05, 0.1) is 15.4 Å². The molecule has 1 aromatic carbocycles. The van der Waals surface area contributed by atoms with Crippen LogP contribution in [-0.4, -0.2) is 11.5 Å². The summed E-state index contributed by atoms with van der Waals surface area (Å²) in [5.74, 6) is -0.248. The Labute approximate surface area is 134 Å². The summed E-state index contributed by atoms with van der Waals surface area (Å²) >= 11 is 3.30. The van der Waals surface area contributed by atoms with E-state index in [1.54, 1.807) is 6.07 Å². The second-order valence-electron chi connectivity index (χ2n) is 6.44. The van der Waals surface area contributed by atoms with Crippen molar-refractivity contribution in [3.63, 3.8) is 0 Å².